The molecule has 2 unspecified atom stereocenters. The van der Waals surface area contributed by atoms with Crippen LogP contribution in [0.3, 0.4) is 0 Å². The highest BCUT2D eigenvalue weighted by Gasteiger charge is 2.32. The Morgan fingerprint density at radius 1 is 0.889 bits per heavy atom. The van der Waals surface area contributed by atoms with Crippen LogP contribution in [-0.4, -0.2) is 23.0 Å². The van der Waals surface area contributed by atoms with Crippen molar-refractivity contribution in [1.82, 2.24) is 5.32 Å². The summed E-state index contributed by atoms with van der Waals surface area (Å²) in [6, 6.07) is -0.155. The summed E-state index contributed by atoms with van der Waals surface area (Å²) in [5.41, 5.74) is 0. The molecule has 2 saturated carbocycles. The molecule has 0 saturated heterocycles. The molecule has 2 aliphatic rings. The van der Waals surface area contributed by atoms with E-state index in [9.17, 15) is 14.7 Å². The third kappa shape index (κ3) is 3.24. The van der Waals surface area contributed by atoms with Gasteiger partial charge in [0.25, 0.3) is 0 Å². The number of hydrogen-bond acceptors (Lipinski definition) is 2. The average Bonchev–Trinajstić information content (AvgIpc) is 2.77. The fourth-order valence-corrected chi connectivity index (χ4v) is 3.26. The number of carbonyl (C=O) groups excluding carboxylic acids is 1. The van der Waals surface area contributed by atoms with Gasteiger partial charge in [0.05, 0.1) is 5.92 Å². The number of nitrogens with one attached hydrogen (secondary N) is 1. The molecule has 4 nitrogen and oxygen atoms in total. The molecule has 1 amide bonds. The maximum atomic E-state index is 12.1. The van der Waals surface area contributed by atoms with Crippen LogP contribution in [0.25, 0.3) is 0 Å². The molecular weight excluding hydrogens is 230 g/mol. The fourth-order valence-electron chi connectivity index (χ4n) is 3.26. The topological polar surface area (TPSA) is 66.4 Å². The summed E-state index contributed by atoms with van der Waals surface area (Å²) >= 11 is 0. The summed E-state index contributed by atoms with van der Waals surface area (Å²) in [5.74, 6) is -0.931. The minimum atomic E-state index is -0.756. The van der Waals surface area contributed by atoms with E-state index in [1.54, 1.807) is 0 Å². The second-order valence-corrected chi connectivity index (χ2v) is 5.68. The predicted molar refractivity (Wildman–Crippen MR) is 68.1 cm³/mol. The summed E-state index contributed by atoms with van der Waals surface area (Å²) in [4.78, 5) is 23.4. The van der Waals surface area contributed by atoms with E-state index in [0.29, 0.717) is 6.42 Å². The zero-order chi connectivity index (χ0) is 13.0. The molecule has 0 bridgehead atoms. The third-order valence-corrected chi connectivity index (χ3v) is 4.39. The Morgan fingerprint density at radius 3 is 2.17 bits per heavy atom. The summed E-state index contributed by atoms with van der Waals surface area (Å²) in [7, 11) is 0. The van der Waals surface area contributed by atoms with Gasteiger partial charge in [-0.15, -0.1) is 0 Å². The van der Waals surface area contributed by atoms with Gasteiger partial charge in [-0.05, 0) is 25.7 Å². The van der Waals surface area contributed by atoms with E-state index in [4.69, 9.17) is 0 Å². The monoisotopic (exact) mass is 253 g/mol. The maximum Gasteiger partial charge on any atom is 0.308 e. The quantitative estimate of drug-likeness (QED) is 0.759. The Morgan fingerprint density at radius 2 is 1.50 bits per heavy atom. The number of rotatable bonds is 3. The lowest BCUT2D eigenvalue weighted by atomic mass is 9.94. The van der Waals surface area contributed by atoms with Crippen molar-refractivity contribution in [2.75, 3.05) is 0 Å². The average molecular weight is 253 g/mol. The van der Waals surface area contributed by atoms with E-state index in [1.807, 2.05) is 0 Å². The number of aliphatic carboxylic acids is 1. The first-order valence-electron chi connectivity index (χ1n) is 7.21. The minimum absolute atomic E-state index is 0.0886. The lowest BCUT2D eigenvalue weighted by Gasteiger charge is -2.24. The Hall–Kier alpha value is -1.06. The molecule has 0 aromatic carbocycles. The predicted octanol–water partition coefficient (Wildman–Crippen LogP) is 2.33. The lowest BCUT2D eigenvalue weighted by Crippen LogP contribution is -2.44. The smallest absolute Gasteiger partial charge is 0.308 e. The number of amides is 1. The number of hydrogen-bond donors (Lipinski definition) is 2. The van der Waals surface area contributed by atoms with Crippen molar-refractivity contribution in [2.24, 2.45) is 11.8 Å². The molecule has 18 heavy (non-hydrogen) atoms. The Labute approximate surface area is 108 Å². The molecule has 0 radical (unpaired) electrons. The number of carboxylic acid groups (broad SMARTS) is 1. The van der Waals surface area contributed by atoms with Crippen LogP contribution in [0.15, 0.2) is 0 Å². The second kappa shape index (κ2) is 6.21. The maximum absolute atomic E-state index is 12.1. The van der Waals surface area contributed by atoms with E-state index in [2.05, 4.69) is 5.32 Å². The Kier molecular flexibility index (Phi) is 4.61. The van der Waals surface area contributed by atoms with Gasteiger partial charge in [-0.3, -0.25) is 9.59 Å². The highest BCUT2D eigenvalue weighted by molar-refractivity contribution is 5.80. The van der Waals surface area contributed by atoms with Crippen molar-refractivity contribution < 1.29 is 14.7 Å². The molecule has 4 heteroatoms. The lowest BCUT2D eigenvalue weighted by molar-refractivity contribution is -0.143. The summed E-state index contributed by atoms with van der Waals surface area (Å²) in [5, 5.41) is 12.3. The zero-order valence-electron chi connectivity index (χ0n) is 10.9. The normalized spacial score (nSPS) is 29.8. The highest BCUT2D eigenvalue weighted by atomic mass is 16.4. The van der Waals surface area contributed by atoms with Crippen molar-refractivity contribution in [3.05, 3.63) is 0 Å². The van der Waals surface area contributed by atoms with Crippen LogP contribution in [0.4, 0.5) is 0 Å². The van der Waals surface area contributed by atoms with Gasteiger partial charge in [0.1, 0.15) is 0 Å². The highest BCUT2D eigenvalue weighted by Crippen LogP contribution is 2.27. The molecule has 2 fully saturated rings. The van der Waals surface area contributed by atoms with Gasteiger partial charge < -0.3 is 10.4 Å². The molecule has 0 aromatic rings. The van der Waals surface area contributed by atoms with E-state index in [1.165, 1.54) is 0 Å². The summed E-state index contributed by atoms with van der Waals surface area (Å²) in [6.07, 6.45) is 8.79. The van der Waals surface area contributed by atoms with Crippen LogP contribution in [-0.2, 0) is 9.59 Å². The SMILES string of the molecule is O=C(NC1CCCCCC1C(=O)O)C1CCCC1. The van der Waals surface area contributed by atoms with Crippen molar-refractivity contribution in [2.45, 2.75) is 63.8 Å². The molecule has 2 N–H and O–H groups in total. The molecule has 102 valence electrons. The van der Waals surface area contributed by atoms with Crippen molar-refractivity contribution >= 4 is 11.9 Å². The zero-order valence-corrected chi connectivity index (χ0v) is 10.9. The standard InChI is InChI=1S/C14H23NO3/c16-13(10-6-4-5-7-10)15-12-9-3-1-2-8-11(12)14(17)18/h10-12H,1-9H2,(H,15,16)(H,17,18). The van der Waals surface area contributed by atoms with Gasteiger partial charge in [-0.1, -0.05) is 32.1 Å². The number of carboxylic acids is 1. The van der Waals surface area contributed by atoms with Gasteiger partial charge in [0, 0.05) is 12.0 Å². The first-order valence-corrected chi connectivity index (χ1v) is 7.21. The van der Waals surface area contributed by atoms with E-state index in [-0.39, 0.29) is 17.9 Å². The molecule has 0 heterocycles. The molecule has 0 aliphatic heterocycles. The first kappa shape index (κ1) is 13.4. The van der Waals surface area contributed by atoms with Gasteiger partial charge >= 0.3 is 5.97 Å². The van der Waals surface area contributed by atoms with E-state index >= 15 is 0 Å². The minimum Gasteiger partial charge on any atom is -0.481 e. The molecule has 2 aliphatic carbocycles. The van der Waals surface area contributed by atoms with Crippen LogP contribution in [0.5, 0.6) is 0 Å². The Bertz CT molecular complexity index is 310. The third-order valence-electron chi connectivity index (χ3n) is 4.39. The van der Waals surface area contributed by atoms with Crippen LogP contribution < -0.4 is 5.32 Å². The van der Waals surface area contributed by atoms with Crippen LogP contribution in [0.2, 0.25) is 0 Å². The van der Waals surface area contributed by atoms with Crippen LogP contribution in [0, 0.1) is 11.8 Å². The molecule has 2 atom stereocenters. The largest absolute Gasteiger partial charge is 0.481 e. The van der Waals surface area contributed by atoms with Crippen molar-refractivity contribution in [3.8, 4) is 0 Å². The Balaban J connectivity index is 1.95. The first-order chi connectivity index (χ1) is 8.68. The fraction of sp³-hybridized carbons (Fsp3) is 0.857. The molecular formula is C14H23NO3. The van der Waals surface area contributed by atoms with Crippen molar-refractivity contribution in [3.63, 3.8) is 0 Å². The van der Waals surface area contributed by atoms with Crippen LogP contribution in [0.1, 0.15) is 57.8 Å². The van der Waals surface area contributed by atoms with Crippen molar-refractivity contribution in [1.29, 1.82) is 0 Å². The van der Waals surface area contributed by atoms with Gasteiger partial charge in [0.2, 0.25) is 5.91 Å². The van der Waals surface area contributed by atoms with Gasteiger partial charge in [-0.2, -0.15) is 0 Å². The van der Waals surface area contributed by atoms with E-state index in [0.717, 1.165) is 51.4 Å². The molecule has 0 aromatic heterocycles. The molecule has 2 rings (SSSR count). The summed E-state index contributed by atoms with van der Waals surface area (Å²) < 4.78 is 0. The second-order valence-electron chi connectivity index (χ2n) is 5.68. The number of carbonyl (C=O) groups is 2. The molecule has 0 spiro atoms. The van der Waals surface area contributed by atoms with E-state index < -0.39 is 11.9 Å². The van der Waals surface area contributed by atoms with Crippen LogP contribution >= 0.6 is 0 Å². The van der Waals surface area contributed by atoms with Gasteiger partial charge in [-0.25, -0.2) is 0 Å². The van der Waals surface area contributed by atoms with Gasteiger partial charge in [0.15, 0.2) is 0 Å². The summed E-state index contributed by atoms with van der Waals surface area (Å²) in [6.45, 7) is 0.